The molecule has 0 radical (unpaired) electrons. The van der Waals surface area contributed by atoms with Gasteiger partial charge in [0.15, 0.2) is 0 Å². The summed E-state index contributed by atoms with van der Waals surface area (Å²) in [5.41, 5.74) is 0.137. The molecule has 0 aliphatic heterocycles. The van der Waals surface area contributed by atoms with E-state index in [1.54, 1.807) is 32.0 Å². The normalized spacial score (nSPS) is 11.3. The Hall–Kier alpha value is -2.44. The van der Waals surface area contributed by atoms with Crippen LogP contribution >= 0.6 is 22.9 Å². The van der Waals surface area contributed by atoms with Gasteiger partial charge >= 0.3 is 0 Å². The van der Waals surface area contributed by atoms with Crippen molar-refractivity contribution in [1.29, 1.82) is 0 Å². The lowest BCUT2D eigenvalue weighted by molar-refractivity contribution is -0.129. The van der Waals surface area contributed by atoms with E-state index in [9.17, 15) is 9.59 Å². The second-order valence-corrected chi connectivity index (χ2v) is 7.70. The summed E-state index contributed by atoms with van der Waals surface area (Å²) in [4.78, 5) is 26.0. The van der Waals surface area contributed by atoms with E-state index in [-0.39, 0.29) is 11.5 Å². The van der Waals surface area contributed by atoms with Crippen LogP contribution in [0.25, 0.3) is 10.6 Å². The minimum Gasteiger partial charge on any atom is -0.350 e. The van der Waals surface area contributed by atoms with Crippen molar-refractivity contribution < 1.29 is 4.79 Å². The van der Waals surface area contributed by atoms with Crippen molar-refractivity contribution in [3.05, 3.63) is 74.9 Å². The van der Waals surface area contributed by atoms with Gasteiger partial charge in [-0.25, -0.2) is 4.68 Å². The number of nitrogens with zero attached hydrogens (tertiary/aromatic N) is 2. The van der Waals surface area contributed by atoms with Crippen molar-refractivity contribution in [3.63, 3.8) is 0 Å². The zero-order valence-electron chi connectivity index (χ0n) is 14.4. The Labute approximate surface area is 160 Å². The largest absolute Gasteiger partial charge is 0.350 e. The van der Waals surface area contributed by atoms with Gasteiger partial charge in [0.2, 0.25) is 5.91 Å². The van der Waals surface area contributed by atoms with Gasteiger partial charge in [-0.15, -0.1) is 11.3 Å². The molecule has 5 nitrogen and oxygen atoms in total. The molecule has 134 valence electrons. The molecule has 3 rings (SSSR count). The summed E-state index contributed by atoms with van der Waals surface area (Å²) in [5, 5.41) is 9.85. The number of benzene rings is 1. The fraction of sp³-hybridized carbons (Fsp3) is 0.211. The molecule has 0 aliphatic rings. The highest BCUT2D eigenvalue weighted by Gasteiger charge is 2.32. The van der Waals surface area contributed by atoms with Crippen molar-refractivity contribution in [2.75, 3.05) is 0 Å². The summed E-state index contributed by atoms with van der Waals surface area (Å²) in [5.74, 6) is -0.287. The summed E-state index contributed by atoms with van der Waals surface area (Å²) in [6.07, 6.45) is 0. The summed E-state index contributed by atoms with van der Waals surface area (Å²) in [6, 6.07) is 14.2. The van der Waals surface area contributed by atoms with Gasteiger partial charge in [0, 0.05) is 17.6 Å². The Bertz CT molecular complexity index is 963. The second kappa shape index (κ2) is 7.43. The van der Waals surface area contributed by atoms with Crippen LogP contribution in [0.4, 0.5) is 0 Å². The number of amides is 1. The number of nitrogens with one attached hydrogen (secondary N) is 1. The molecule has 0 atom stereocenters. The molecule has 7 heteroatoms. The first-order chi connectivity index (χ1) is 12.4. The lowest BCUT2D eigenvalue weighted by atomic mass is 10.0. The van der Waals surface area contributed by atoms with Crippen LogP contribution in [0.1, 0.15) is 19.4 Å². The maximum absolute atomic E-state index is 12.7. The van der Waals surface area contributed by atoms with Crippen LogP contribution in [-0.2, 0) is 16.9 Å². The zero-order chi connectivity index (χ0) is 18.7. The Morgan fingerprint density at radius 1 is 1.19 bits per heavy atom. The highest BCUT2D eigenvalue weighted by Crippen LogP contribution is 2.22. The van der Waals surface area contributed by atoms with Gasteiger partial charge in [0.1, 0.15) is 11.2 Å². The number of aromatic nitrogens is 2. The van der Waals surface area contributed by atoms with Gasteiger partial charge in [-0.05, 0) is 49.1 Å². The van der Waals surface area contributed by atoms with Gasteiger partial charge in [-0.1, -0.05) is 29.8 Å². The van der Waals surface area contributed by atoms with E-state index in [0.717, 1.165) is 10.4 Å². The lowest BCUT2D eigenvalue weighted by Gasteiger charge is -2.25. The Kier molecular flexibility index (Phi) is 5.25. The monoisotopic (exact) mass is 387 g/mol. The van der Waals surface area contributed by atoms with E-state index >= 15 is 0 Å². The fourth-order valence-corrected chi connectivity index (χ4v) is 3.28. The summed E-state index contributed by atoms with van der Waals surface area (Å²) in [6.45, 7) is 3.70. The molecule has 0 saturated heterocycles. The molecule has 0 saturated carbocycles. The molecule has 2 heterocycles. The first-order valence-corrected chi connectivity index (χ1v) is 9.31. The smallest absolute Gasteiger partial charge is 0.267 e. The number of rotatable bonds is 5. The van der Waals surface area contributed by atoms with Gasteiger partial charge < -0.3 is 5.32 Å². The van der Waals surface area contributed by atoms with E-state index in [0.29, 0.717) is 17.3 Å². The predicted octanol–water partition coefficient (Wildman–Crippen LogP) is 3.68. The highest BCUT2D eigenvalue weighted by molar-refractivity contribution is 7.13. The van der Waals surface area contributed by atoms with Gasteiger partial charge in [0.05, 0.1) is 4.88 Å². The first kappa shape index (κ1) is 18.4. The van der Waals surface area contributed by atoms with Crippen LogP contribution in [-0.4, -0.2) is 15.7 Å². The van der Waals surface area contributed by atoms with Crippen molar-refractivity contribution >= 4 is 28.8 Å². The average molecular weight is 388 g/mol. The topological polar surface area (TPSA) is 64.0 Å². The lowest BCUT2D eigenvalue weighted by Crippen LogP contribution is -2.49. The molecule has 26 heavy (non-hydrogen) atoms. The number of hydrogen-bond donors (Lipinski definition) is 1. The van der Waals surface area contributed by atoms with E-state index in [1.165, 1.54) is 22.1 Å². The number of thiophene rings is 1. The number of hydrogen-bond acceptors (Lipinski definition) is 4. The van der Waals surface area contributed by atoms with Gasteiger partial charge in [-0.3, -0.25) is 9.59 Å². The first-order valence-electron chi connectivity index (χ1n) is 8.05. The third kappa shape index (κ3) is 3.86. The Morgan fingerprint density at radius 3 is 2.58 bits per heavy atom. The average Bonchev–Trinajstić information content (AvgIpc) is 3.16. The van der Waals surface area contributed by atoms with Crippen LogP contribution in [0.2, 0.25) is 5.02 Å². The van der Waals surface area contributed by atoms with Crippen LogP contribution < -0.4 is 10.9 Å². The van der Waals surface area contributed by atoms with Crippen molar-refractivity contribution in [2.45, 2.75) is 25.9 Å². The standard InChI is InChI=1S/C19H18ClN3O2S/c1-19(2,18(25)21-12-13-5-7-14(20)8-6-13)23-17(24)10-9-15(22-23)16-4-3-11-26-16/h3-11H,12H2,1-2H3,(H,21,25). The molecule has 2 aromatic heterocycles. The molecule has 0 fully saturated rings. The molecular formula is C19H18ClN3O2S. The van der Waals surface area contributed by atoms with Crippen molar-refractivity contribution in [2.24, 2.45) is 0 Å². The number of carbonyl (C=O) groups is 1. The van der Waals surface area contributed by atoms with Crippen LogP contribution in [0, 0.1) is 0 Å². The fourth-order valence-electron chi connectivity index (χ4n) is 2.46. The van der Waals surface area contributed by atoms with E-state index in [1.807, 2.05) is 29.6 Å². The third-order valence-electron chi connectivity index (χ3n) is 4.03. The summed E-state index contributed by atoms with van der Waals surface area (Å²) >= 11 is 7.40. The minimum atomic E-state index is -1.13. The molecule has 0 bridgehead atoms. The molecule has 0 spiro atoms. The molecule has 0 unspecified atom stereocenters. The molecule has 1 amide bonds. The Morgan fingerprint density at radius 2 is 1.92 bits per heavy atom. The van der Waals surface area contributed by atoms with E-state index < -0.39 is 5.54 Å². The highest BCUT2D eigenvalue weighted by atomic mass is 35.5. The summed E-state index contributed by atoms with van der Waals surface area (Å²) in [7, 11) is 0. The maximum Gasteiger partial charge on any atom is 0.267 e. The minimum absolute atomic E-state index is 0.287. The predicted molar refractivity (Wildman–Crippen MR) is 104 cm³/mol. The molecule has 0 aliphatic carbocycles. The van der Waals surface area contributed by atoms with Crippen molar-refractivity contribution in [3.8, 4) is 10.6 Å². The SMILES string of the molecule is CC(C)(C(=O)NCc1ccc(Cl)cc1)n1nc(-c2cccs2)ccc1=O. The van der Waals surface area contributed by atoms with Gasteiger partial charge in [0.25, 0.3) is 5.56 Å². The number of carbonyl (C=O) groups excluding carboxylic acids is 1. The van der Waals surface area contributed by atoms with Crippen LogP contribution in [0.3, 0.4) is 0 Å². The van der Waals surface area contributed by atoms with Gasteiger partial charge in [-0.2, -0.15) is 5.10 Å². The van der Waals surface area contributed by atoms with Crippen LogP contribution in [0.5, 0.6) is 0 Å². The molecule has 3 aromatic rings. The summed E-state index contributed by atoms with van der Waals surface area (Å²) < 4.78 is 1.24. The molecule has 1 aromatic carbocycles. The van der Waals surface area contributed by atoms with E-state index in [2.05, 4.69) is 10.4 Å². The zero-order valence-corrected chi connectivity index (χ0v) is 16.0. The van der Waals surface area contributed by atoms with E-state index in [4.69, 9.17) is 11.6 Å². The number of halogens is 1. The third-order valence-corrected chi connectivity index (χ3v) is 5.17. The van der Waals surface area contributed by atoms with Crippen LogP contribution in [0.15, 0.2) is 58.7 Å². The maximum atomic E-state index is 12.7. The second-order valence-electron chi connectivity index (χ2n) is 6.31. The quantitative estimate of drug-likeness (QED) is 0.726. The van der Waals surface area contributed by atoms with Crippen molar-refractivity contribution in [1.82, 2.24) is 15.1 Å². The Balaban J connectivity index is 1.82. The molecule has 1 N–H and O–H groups in total. The molecular weight excluding hydrogens is 370 g/mol.